The molecule has 2 aliphatic heterocycles. The molecule has 4 atom stereocenters. The zero-order valence-electron chi connectivity index (χ0n) is 21.7. The first kappa shape index (κ1) is 24.4. The molecular weight excluding hydrogens is 474 g/mol. The van der Waals surface area contributed by atoms with Gasteiger partial charge in [-0.15, -0.1) is 0 Å². The zero-order chi connectivity index (χ0) is 26.3. The number of piperazine rings is 1. The molecule has 1 amide bonds. The lowest BCUT2D eigenvalue weighted by Crippen LogP contribution is -2.78. The molecule has 0 radical (unpaired) electrons. The Hall–Kier alpha value is -3.96. The van der Waals surface area contributed by atoms with E-state index in [9.17, 15) is 4.79 Å². The Kier molecular flexibility index (Phi) is 6.24. The summed E-state index contributed by atoms with van der Waals surface area (Å²) in [7, 11) is 0. The Labute approximate surface area is 223 Å². The number of pyridine rings is 2. The molecule has 1 aliphatic carbocycles. The fraction of sp³-hybridized carbons (Fsp3) is 0.400. The lowest BCUT2D eigenvalue weighted by Gasteiger charge is -2.61. The Morgan fingerprint density at radius 1 is 1.08 bits per heavy atom. The number of hydrogen-bond donors (Lipinski definition) is 2. The normalized spacial score (nSPS) is 26.7. The van der Waals surface area contributed by atoms with Crippen LogP contribution in [0.2, 0.25) is 0 Å². The maximum Gasteiger partial charge on any atom is 0.248 e. The van der Waals surface area contributed by atoms with E-state index >= 15 is 0 Å². The van der Waals surface area contributed by atoms with Gasteiger partial charge in [0.1, 0.15) is 17.7 Å². The Morgan fingerprint density at radius 2 is 1.92 bits per heavy atom. The van der Waals surface area contributed by atoms with Gasteiger partial charge < -0.3 is 20.9 Å². The summed E-state index contributed by atoms with van der Waals surface area (Å²) >= 11 is 0. The number of rotatable bonds is 4. The molecule has 0 spiro atoms. The number of fused-ring (bicyclic) bond motifs is 2. The number of hydrogen-bond acceptors (Lipinski definition) is 7. The van der Waals surface area contributed by atoms with Gasteiger partial charge in [0.15, 0.2) is 0 Å². The van der Waals surface area contributed by atoms with Crippen molar-refractivity contribution in [3.8, 4) is 17.2 Å². The molecule has 38 heavy (non-hydrogen) atoms. The van der Waals surface area contributed by atoms with E-state index in [2.05, 4.69) is 39.2 Å². The largest absolute Gasteiger partial charge is 0.366 e. The predicted molar refractivity (Wildman–Crippen MR) is 148 cm³/mol. The number of piperidine rings is 1. The highest BCUT2D eigenvalue weighted by atomic mass is 16.1. The number of anilines is 2. The van der Waals surface area contributed by atoms with Crippen LogP contribution in [0.15, 0.2) is 60.9 Å². The highest BCUT2D eigenvalue weighted by Crippen LogP contribution is 2.41. The summed E-state index contributed by atoms with van der Waals surface area (Å²) in [4.78, 5) is 26.2. The SMILES string of the molecule is C[C@@]12CN(c3ccc(C#N)cn3)CCC1N(c1cc(-c3cccc(C(N)=O)c3)ccn1)[C@@H]1CCCC[C@H]1N2. The van der Waals surface area contributed by atoms with Crippen LogP contribution in [-0.4, -0.2) is 52.6 Å². The lowest BCUT2D eigenvalue weighted by molar-refractivity contribution is 0.100. The second kappa shape index (κ2) is 9.73. The number of amides is 1. The average Bonchev–Trinajstić information content (AvgIpc) is 2.95. The molecule has 194 valence electrons. The molecule has 3 fully saturated rings. The number of nitrogens with zero attached hydrogens (tertiary/aromatic N) is 5. The number of nitrogens with one attached hydrogen (secondary N) is 1. The Balaban J connectivity index is 1.35. The maximum absolute atomic E-state index is 11.8. The van der Waals surface area contributed by atoms with Crippen LogP contribution in [0.25, 0.3) is 11.1 Å². The van der Waals surface area contributed by atoms with Gasteiger partial charge in [0.2, 0.25) is 5.91 Å². The van der Waals surface area contributed by atoms with E-state index in [-0.39, 0.29) is 11.6 Å². The van der Waals surface area contributed by atoms with Crippen LogP contribution in [0.4, 0.5) is 11.6 Å². The van der Waals surface area contributed by atoms with Gasteiger partial charge in [-0.2, -0.15) is 5.26 Å². The van der Waals surface area contributed by atoms with E-state index < -0.39 is 5.91 Å². The van der Waals surface area contributed by atoms with Crippen LogP contribution < -0.4 is 20.9 Å². The van der Waals surface area contributed by atoms with Crippen LogP contribution in [0.3, 0.4) is 0 Å². The molecule has 3 N–H and O–H groups in total. The van der Waals surface area contributed by atoms with E-state index in [0.29, 0.717) is 23.2 Å². The van der Waals surface area contributed by atoms with Crippen LogP contribution in [0, 0.1) is 11.3 Å². The number of carbonyl (C=O) groups is 1. The van der Waals surface area contributed by atoms with Gasteiger partial charge in [-0.3, -0.25) is 4.79 Å². The smallest absolute Gasteiger partial charge is 0.248 e. The van der Waals surface area contributed by atoms with E-state index in [1.807, 2.05) is 42.6 Å². The summed E-state index contributed by atoms with van der Waals surface area (Å²) in [6, 6.07) is 18.7. The summed E-state index contributed by atoms with van der Waals surface area (Å²) < 4.78 is 0. The monoisotopic (exact) mass is 507 g/mol. The molecule has 8 heteroatoms. The second-order valence-corrected chi connectivity index (χ2v) is 11.0. The van der Waals surface area contributed by atoms with Crippen molar-refractivity contribution in [1.82, 2.24) is 15.3 Å². The molecule has 2 aromatic heterocycles. The fourth-order valence-corrected chi connectivity index (χ4v) is 6.79. The van der Waals surface area contributed by atoms with Crippen LogP contribution in [-0.2, 0) is 0 Å². The first-order valence-electron chi connectivity index (χ1n) is 13.5. The minimum atomic E-state index is -0.424. The van der Waals surface area contributed by atoms with Crippen molar-refractivity contribution in [3.05, 3.63) is 72.1 Å². The fourth-order valence-electron chi connectivity index (χ4n) is 6.79. The third-order valence-corrected chi connectivity index (χ3v) is 8.56. The minimum absolute atomic E-state index is 0.157. The molecule has 1 aromatic carbocycles. The van der Waals surface area contributed by atoms with Crippen molar-refractivity contribution in [2.24, 2.45) is 5.73 Å². The summed E-state index contributed by atoms with van der Waals surface area (Å²) in [5.74, 6) is 1.48. The van der Waals surface area contributed by atoms with Crippen LogP contribution in [0.1, 0.15) is 54.9 Å². The number of primary amides is 1. The van der Waals surface area contributed by atoms with Gasteiger partial charge in [-0.05, 0) is 73.7 Å². The van der Waals surface area contributed by atoms with Crippen molar-refractivity contribution in [1.29, 1.82) is 5.26 Å². The molecule has 0 bridgehead atoms. The van der Waals surface area contributed by atoms with Gasteiger partial charge in [-0.25, -0.2) is 9.97 Å². The quantitative estimate of drug-likeness (QED) is 0.551. The van der Waals surface area contributed by atoms with Crippen LogP contribution in [0.5, 0.6) is 0 Å². The summed E-state index contributed by atoms with van der Waals surface area (Å²) in [6.07, 6.45) is 9.27. The number of benzene rings is 1. The van der Waals surface area contributed by atoms with Gasteiger partial charge in [0.05, 0.1) is 17.1 Å². The minimum Gasteiger partial charge on any atom is -0.366 e. The average molecular weight is 508 g/mol. The van der Waals surface area contributed by atoms with Gasteiger partial charge >= 0.3 is 0 Å². The highest BCUT2D eigenvalue weighted by Gasteiger charge is 2.52. The molecule has 6 rings (SSSR count). The predicted octanol–water partition coefficient (Wildman–Crippen LogP) is 3.87. The van der Waals surface area contributed by atoms with Gasteiger partial charge in [-0.1, -0.05) is 25.0 Å². The molecule has 1 unspecified atom stereocenters. The number of aromatic nitrogens is 2. The molecule has 3 aromatic rings. The second-order valence-electron chi connectivity index (χ2n) is 11.0. The summed E-state index contributed by atoms with van der Waals surface area (Å²) in [5.41, 5.74) is 8.47. The Morgan fingerprint density at radius 3 is 2.71 bits per heavy atom. The molecule has 1 saturated carbocycles. The van der Waals surface area contributed by atoms with E-state index in [1.54, 1.807) is 12.3 Å². The van der Waals surface area contributed by atoms with Crippen molar-refractivity contribution in [2.45, 2.75) is 62.7 Å². The first-order valence-corrected chi connectivity index (χ1v) is 13.5. The first-order chi connectivity index (χ1) is 18.4. The van der Waals surface area contributed by atoms with Crippen molar-refractivity contribution in [2.75, 3.05) is 22.9 Å². The lowest BCUT2D eigenvalue weighted by atomic mass is 9.75. The third-order valence-electron chi connectivity index (χ3n) is 8.56. The number of carbonyl (C=O) groups excluding carboxylic acids is 1. The van der Waals surface area contributed by atoms with Crippen LogP contribution >= 0.6 is 0 Å². The molecule has 2 saturated heterocycles. The summed E-state index contributed by atoms with van der Waals surface area (Å²) in [5, 5.41) is 13.2. The molecule has 4 heterocycles. The third kappa shape index (κ3) is 4.37. The standard InChI is InChI=1S/C30H33N7O/c1-30-19-36(27-10-9-20(17-31)18-34-27)14-12-26(30)37(25-8-3-2-7-24(25)35-30)28-16-22(11-13-33-28)21-5-4-6-23(15-21)29(32)38/h4-6,9-11,13,15-16,18,24-26,35H,2-3,7-8,12,14,19H2,1H3,(H2,32,38)/t24-,25-,26?,30-/m1/s1. The topological polar surface area (TPSA) is 111 Å². The summed E-state index contributed by atoms with van der Waals surface area (Å²) in [6.45, 7) is 4.05. The Bertz CT molecular complexity index is 1380. The van der Waals surface area contributed by atoms with Gasteiger partial charge in [0, 0.05) is 43.1 Å². The van der Waals surface area contributed by atoms with E-state index in [4.69, 9.17) is 16.0 Å². The maximum atomic E-state index is 11.8. The van der Waals surface area contributed by atoms with Gasteiger partial charge in [0.25, 0.3) is 0 Å². The zero-order valence-corrected chi connectivity index (χ0v) is 21.7. The van der Waals surface area contributed by atoms with Crippen molar-refractivity contribution >= 4 is 17.5 Å². The molecule has 8 nitrogen and oxygen atoms in total. The van der Waals surface area contributed by atoms with Crippen molar-refractivity contribution < 1.29 is 4.79 Å². The number of nitrogens with two attached hydrogens (primary N) is 1. The molecule has 3 aliphatic rings. The number of nitriles is 1. The van der Waals surface area contributed by atoms with Crippen molar-refractivity contribution in [3.63, 3.8) is 0 Å². The molecular formula is C30H33N7O. The van der Waals surface area contributed by atoms with E-state index in [1.165, 1.54) is 12.8 Å². The van der Waals surface area contributed by atoms with E-state index in [0.717, 1.165) is 55.1 Å². The highest BCUT2D eigenvalue weighted by molar-refractivity contribution is 5.94.